The van der Waals surface area contributed by atoms with E-state index in [2.05, 4.69) is 5.32 Å². The summed E-state index contributed by atoms with van der Waals surface area (Å²) in [5.74, 6) is -0.192. The summed E-state index contributed by atoms with van der Waals surface area (Å²) in [6.45, 7) is 0. The highest BCUT2D eigenvalue weighted by Gasteiger charge is 2.50. The van der Waals surface area contributed by atoms with Gasteiger partial charge < -0.3 is 15.5 Å². The maximum Gasteiger partial charge on any atom is 0.415 e. The van der Waals surface area contributed by atoms with Crippen LogP contribution in [0.1, 0.15) is 25.7 Å². The van der Waals surface area contributed by atoms with Gasteiger partial charge in [0.15, 0.2) is 0 Å². The summed E-state index contributed by atoms with van der Waals surface area (Å²) in [6.07, 6.45) is 1.12. The Morgan fingerprint density at radius 2 is 2.11 bits per heavy atom. The Morgan fingerprint density at radius 1 is 1.37 bits per heavy atom. The lowest BCUT2D eigenvalue weighted by Crippen LogP contribution is -2.40. The van der Waals surface area contributed by atoms with Crippen LogP contribution in [0.3, 0.4) is 0 Å². The van der Waals surface area contributed by atoms with Crippen molar-refractivity contribution in [3.8, 4) is 0 Å². The minimum Gasteiger partial charge on any atom is -0.481 e. The molecule has 106 valence electrons. The van der Waals surface area contributed by atoms with E-state index in [0.717, 1.165) is 17.7 Å². The minimum absolute atomic E-state index is 0.140. The van der Waals surface area contributed by atoms with Gasteiger partial charge in [-0.1, -0.05) is 6.42 Å². The third kappa shape index (κ3) is 2.94. The maximum atomic E-state index is 11.5. The van der Waals surface area contributed by atoms with Crippen molar-refractivity contribution in [2.24, 2.45) is 0 Å². The number of aliphatic carboxylic acids is 1. The van der Waals surface area contributed by atoms with Crippen molar-refractivity contribution in [1.29, 1.82) is 0 Å². The lowest BCUT2D eigenvalue weighted by molar-refractivity contribution is -0.137. The number of nitrogens with one attached hydrogen (secondary N) is 1. The molecule has 2 rings (SSSR count). The van der Waals surface area contributed by atoms with Gasteiger partial charge in [0.05, 0.1) is 12.1 Å². The third-order valence-corrected chi connectivity index (χ3v) is 4.96. The molecule has 19 heavy (non-hydrogen) atoms. The summed E-state index contributed by atoms with van der Waals surface area (Å²) in [4.78, 5) is 33.8. The van der Waals surface area contributed by atoms with Crippen molar-refractivity contribution >= 4 is 29.9 Å². The second-order valence-electron chi connectivity index (χ2n) is 4.71. The average Bonchev–Trinajstić information content (AvgIpc) is 2.82. The number of carboxylic acids is 1. The molecule has 0 unspecified atom stereocenters. The van der Waals surface area contributed by atoms with Crippen molar-refractivity contribution in [2.45, 2.75) is 43.0 Å². The molecule has 0 bridgehead atoms. The molecular formula is C11H16N2O5S. The lowest BCUT2D eigenvalue weighted by atomic mass is 10.0. The van der Waals surface area contributed by atoms with Gasteiger partial charge in [0.2, 0.25) is 0 Å². The molecule has 0 aromatic carbocycles. The first-order valence-corrected chi connectivity index (χ1v) is 7.21. The summed E-state index contributed by atoms with van der Waals surface area (Å²) in [5, 5.41) is 20.4. The molecule has 8 heteroatoms. The number of fused-ring (bicyclic) bond motifs is 1. The lowest BCUT2D eigenvalue weighted by Gasteiger charge is -2.17. The summed E-state index contributed by atoms with van der Waals surface area (Å²) >= 11 is 1.65. The predicted molar refractivity (Wildman–Crippen MR) is 68.3 cm³/mol. The van der Waals surface area contributed by atoms with Gasteiger partial charge in [-0.3, -0.25) is 4.79 Å². The fourth-order valence-electron chi connectivity index (χ4n) is 2.58. The van der Waals surface area contributed by atoms with E-state index >= 15 is 0 Å². The van der Waals surface area contributed by atoms with Crippen LogP contribution in [0, 0.1) is 0 Å². The summed E-state index contributed by atoms with van der Waals surface area (Å²) in [7, 11) is 0. The van der Waals surface area contributed by atoms with Crippen molar-refractivity contribution in [3.05, 3.63) is 0 Å². The van der Waals surface area contributed by atoms with E-state index in [0.29, 0.717) is 12.2 Å². The molecule has 3 N–H and O–H groups in total. The molecule has 2 aliphatic heterocycles. The smallest absolute Gasteiger partial charge is 0.415 e. The average molecular weight is 288 g/mol. The number of carbonyl (C=O) groups excluding carboxylic acids is 1. The van der Waals surface area contributed by atoms with Crippen LogP contribution in [0.5, 0.6) is 0 Å². The largest absolute Gasteiger partial charge is 0.481 e. The molecule has 0 saturated carbocycles. The molecule has 3 amide bonds. The second-order valence-corrected chi connectivity index (χ2v) is 5.98. The van der Waals surface area contributed by atoms with Crippen LogP contribution in [0.4, 0.5) is 9.59 Å². The van der Waals surface area contributed by atoms with Gasteiger partial charge in [0.25, 0.3) is 0 Å². The molecule has 2 saturated heterocycles. The van der Waals surface area contributed by atoms with Gasteiger partial charge in [-0.15, -0.1) is 0 Å². The zero-order chi connectivity index (χ0) is 14.0. The Bertz CT molecular complexity index is 403. The standard InChI is InChI=1S/C11H16N2O5S/c14-8(15)4-2-1-3-7-9-6(5-19-7)13(11(17)18)10(16)12-9/h6-7,9H,1-5H2,(H,12,16)(H,14,15)(H,17,18)/t6-,7-,9-/m0/s1. The molecule has 0 spiro atoms. The van der Waals surface area contributed by atoms with Crippen molar-refractivity contribution in [1.82, 2.24) is 10.2 Å². The number of thioether (sulfide) groups is 1. The predicted octanol–water partition coefficient (Wildman–Crippen LogP) is 1.19. The maximum absolute atomic E-state index is 11.5. The number of urea groups is 1. The van der Waals surface area contributed by atoms with Gasteiger partial charge in [0, 0.05) is 17.4 Å². The van der Waals surface area contributed by atoms with Crippen molar-refractivity contribution in [2.75, 3.05) is 5.75 Å². The Hall–Kier alpha value is -1.44. The van der Waals surface area contributed by atoms with Gasteiger partial charge in [-0.05, 0) is 12.8 Å². The fourth-order valence-corrected chi connectivity index (χ4v) is 4.17. The number of hydrogen-bond acceptors (Lipinski definition) is 4. The van der Waals surface area contributed by atoms with Crippen molar-refractivity contribution in [3.63, 3.8) is 0 Å². The first-order valence-electron chi connectivity index (χ1n) is 6.16. The van der Waals surface area contributed by atoms with E-state index in [4.69, 9.17) is 10.2 Å². The number of carbonyl (C=O) groups is 3. The summed E-state index contributed by atoms with van der Waals surface area (Å²) in [5.41, 5.74) is 0. The first-order chi connectivity index (χ1) is 9.00. The van der Waals surface area contributed by atoms with E-state index in [9.17, 15) is 14.4 Å². The zero-order valence-electron chi connectivity index (χ0n) is 10.2. The second kappa shape index (κ2) is 5.68. The Balaban J connectivity index is 1.85. The SMILES string of the molecule is O=C(O)CCCC[C@@H]1SC[C@H]2[C@@H]1NC(=O)N2C(=O)O. The van der Waals surface area contributed by atoms with Gasteiger partial charge in [-0.2, -0.15) is 11.8 Å². The molecule has 0 aromatic rings. The van der Waals surface area contributed by atoms with Crippen LogP contribution in [-0.2, 0) is 4.79 Å². The molecular weight excluding hydrogens is 272 g/mol. The first kappa shape index (κ1) is 14.0. The van der Waals surface area contributed by atoms with Crippen LogP contribution in [0.2, 0.25) is 0 Å². The summed E-state index contributed by atoms with van der Waals surface area (Å²) in [6, 6.07) is -0.976. The monoisotopic (exact) mass is 288 g/mol. The van der Waals surface area contributed by atoms with Crippen LogP contribution >= 0.6 is 11.8 Å². The van der Waals surface area contributed by atoms with Gasteiger partial charge >= 0.3 is 18.1 Å². The normalized spacial score (nSPS) is 29.2. The number of imide groups is 1. The Kier molecular flexibility index (Phi) is 4.18. The molecule has 7 nitrogen and oxygen atoms in total. The topological polar surface area (TPSA) is 107 Å². The number of unbranched alkanes of at least 4 members (excludes halogenated alkanes) is 1. The number of amides is 3. The van der Waals surface area contributed by atoms with Crippen LogP contribution in [0.25, 0.3) is 0 Å². The van der Waals surface area contributed by atoms with E-state index < -0.39 is 18.1 Å². The van der Waals surface area contributed by atoms with Gasteiger partial charge in [0.1, 0.15) is 0 Å². The van der Waals surface area contributed by atoms with Crippen LogP contribution in [0.15, 0.2) is 0 Å². The zero-order valence-corrected chi connectivity index (χ0v) is 11.1. The van der Waals surface area contributed by atoms with Crippen molar-refractivity contribution < 1.29 is 24.6 Å². The molecule has 0 aromatic heterocycles. The quantitative estimate of drug-likeness (QED) is 0.518. The Labute approximate surface area is 114 Å². The fraction of sp³-hybridized carbons (Fsp3) is 0.727. The molecule has 2 aliphatic rings. The van der Waals surface area contributed by atoms with E-state index in [1.807, 2.05) is 0 Å². The molecule has 0 radical (unpaired) electrons. The van der Waals surface area contributed by atoms with E-state index in [1.54, 1.807) is 11.8 Å². The number of nitrogens with zero attached hydrogens (tertiary/aromatic N) is 1. The summed E-state index contributed by atoms with van der Waals surface area (Å²) < 4.78 is 0. The highest BCUT2D eigenvalue weighted by Crippen LogP contribution is 2.36. The number of carboxylic acid groups (broad SMARTS) is 2. The molecule has 2 fully saturated rings. The number of hydrogen-bond donors (Lipinski definition) is 3. The molecule has 3 atom stereocenters. The number of rotatable bonds is 5. The third-order valence-electron chi connectivity index (χ3n) is 3.47. The van der Waals surface area contributed by atoms with Crippen LogP contribution < -0.4 is 5.32 Å². The minimum atomic E-state index is -1.21. The van der Waals surface area contributed by atoms with Gasteiger partial charge in [-0.25, -0.2) is 14.5 Å². The highest BCUT2D eigenvalue weighted by molar-refractivity contribution is 8.00. The van der Waals surface area contributed by atoms with E-state index in [-0.39, 0.29) is 23.8 Å². The molecule has 0 aliphatic carbocycles. The van der Waals surface area contributed by atoms with Crippen LogP contribution in [-0.4, -0.2) is 56.3 Å². The Morgan fingerprint density at radius 3 is 2.74 bits per heavy atom. The molecule has 2 heterocycles. The highest BCUT2D eigenvalue weighted by atomic mass is 32.2. The van der Waals surface area contributed by atoms with E-state index in [1.165, 1.54) is 0 Å².